The summed E-state index contributed by atoms with van der Waals surface area (Å²) in [6.45, 7) is 3.91. The van der Waals surface area contributed by atoms with E-state index in [1.54, 1.807) is 0 Å². The first-order chi connectivity index (χ1) is 13.2. The molecule has 1 aromatic rings. The summed E-state index contributed by atoms with van der Waals surface area (Å²) in [5, 5.41) is 3.12. The zero-order valence-corrected chi connectivity index (χ0v) is 15.6. The third kappa shape index (κ3) is 4.18. The van der Waals surface area contributed by atoms with Crippen LogP contribution < -0.4 is 10.1 Å². The lowest BCUT2D eigenvalue weighted by atomic mass is 10.0. The number of nitrogens with zero attached hydrogens (tertiary/aromatic N) is 2. The van der Waals surface area contributed by atoms with E-state index >= 15 is 0 Å². The van der Waals surface area contributed by atoms with Gasteiger partial charge in [-0.2, -0.15) is 0 Å². The minimum absolute atomic E-state index is 0.0394. The molecule has 3 amide bonds. The monoisotopic (exact) mass is 373 g/mol. The first kappa shape index (κ1) is 18.1. The second-order valence-electron chi connectivity index (χ2n) is 7.40. The molecule has 0 radical (unpaired) electrons. The zero-order valence-electron chi connectivity index (χ0n) is 15.6. The van der Waals surface area contributed by atoms with Crippen LogP contribution in [0.2, 0.25) is 0 Å². The van der Waals surface area contributed by atoms with Gasteiger partial charge in [0.1, 0.15) is 5.75 Å². The van der Waals surface area contributed by atoms with Crippen molar-refractivity contribution < 1.29 is 19.1 Å². The van der Waals surface area contributed by atoms with Gasteiger partial charge in [-0.15, -0.1) is 0 Å². The minimum Gasteiger partial charge on any atom is -0.480 e. The molecule has 7 heteroatoms. The van der Waals surface area contributed by atoms with Gasteiger partial charge in [0.25, 0.3) is 5.91 Å². The number of ether oxygens (including phenoxy) is 2. The summed E-state index contributed by atoms with van der Waals surface area (Å²) in [4.78, 5) is 28.9. The number of likely N-dealkylation sites (tertiary alicyclic amines) is 1. The molecule has 146 valence electrons. The van der Waals surface area contributed by atoms with Gasteiger partial charge in [-0.05, 0) is 37.3 Å². The van der Waals surface area contributed by atoms with Crippen molar-refractivity contribution in [3.05, 3.63) is 29.8 Å². The molecule has 2 saturated heterocycles. The third-order valence-corrected chi connectivity index (χ3v) is 5.60. The van der Waals surface area contributed by atoms with Crippen LogP contribution in [0.4, 0.5) is 4.79 Å². The average Bonchev–Trinajstić information content (AvgIpc) is 2.74. The number of carbonyl (C=O) groups excluding carboxylic acids is 2. The molecule has 7 nitrogen and oxygen atoms in total. The van der Waals surface area contributed by atoms with E-state index in [-0.39, 0.29) is 18.0 Å². The molecule has 0 unspecified atom stereocenters. The number of hydrogen-bond acceptors (Lipinski definition) is 4. The van der Waals surface area contributed by atoms with Crippen LogP contribution in [0.1, 0.15) is 24.8 Å². The van der Waals surface area contributed by atoms with E-state index in [9.17, 15) is 9.59 Å². The van der Waals surface area contributed by atoms with E-state index in [0.29, 0.717) is 45.8 Å². The highest BCUT2D eigenvalue weighted by Crippen LogP contribution is 2.27. The van der Waals surface area contributed by atoms with Crippen molar-refractivity contribution in [1.29, 1.82) is 0 Å². The maximum Gasteiger partial charge on any atom is 0.320 e. The van der Waals surface area contributed by atoms with Crippen LogP contribution in [0.3, 0.4) is 0 Å². The molecular formula is C20H27N3O4. The molecule has 0 aromatic heterocycles. The van der Waals surface area contributed by atoms with Gasteiger partial charge in [-0.1, -0.05) is 18.2 Å². The highest BCUT2D eigenvalue weighted by atomic mass is 16.5. The van der Waals surface area contributed by atoms with E-state index in [1.807, 2.05) is 34.1 Å². The Kier molecular flexibility index (Phi) is 5.48. The Bertz CT molecular complexity index is 682. The first-order valence-electron chi connectivity index (χ1n) is 9.87. The van der Waals surface area contributed by atoms with Crippen molar-refractivity contribution in [2.45, 2.75) is 37.8 Å². The summed E-state index contributed by atoms with van der Waals surface area (Å²) in [6, 6.07) is 8.09. The number of urea groups is 1. The smallest absolute Gasteiger partial charge is 0.320 e. The fourth-order valence-corrected chi connectivity index (χ4v) is 3.97. The number of rotatable bonds is 2. The van der Waals surface area contributed by atoms with Gasteiger partial charge in [0.15, 0.2) is 6.10 Å². The van der Waals surface area contributed by atoms with Gasteiger partial charge in [0, 0.05) is 32.2 Å². The number of nitrogens with one attached hydrogen (secondary N) is 1. The van der Waals surface area contributed by atoms with Gasteiger partial charge in [-0.25, -0.2) is 4.79 Å². The molecule has 2 fully saturated rings. The number of hydrogen-bond donors (Lipinski definition) is 1. The summed E-state index contributed by atoms with van der Waals surface area (Å²) in [5.74, 6) is 0.775. The van der Waals surface area contributed by atoms with Gasteiger partial charge >= 0.3 is 6.03 Å². The van der Waals surface area contributed by atoms with Gasteiger partial charge in [0.2, 0.25) is 0 Å². The number of carbonyl (C=O) groups is 2. The number of para-hydroxylation sites is 1. The molecule has 4 rings (SSSR count). The van der Waals surface area contributed by atoms with Gasteiger partial charge in [-0.3, -0.25) is 4.79 Å². The largest absolute Gasteiger partial charge is 0.480 e. The molecule has 1 atom stereocenters. The number of fused-ring (bicyclic) bond motifs is 1. The maximum absolute atomic E-state index is 12.6. The number of amides is 3. The van der Waals surface area contributed by atoms with Gasteiger partial charge < -0.3 is 24.6 Å². The van der Waals surface area contributed by atoms with Crippen molar-refractivity contribution in [2.24, 2.45) is 0 Å². The third-order valence-electron chi connectivity index (χ3n) is 5.60. The van der Waals surface area contributed by atoms with Crippen molar-refractivity contribution >= 4 is 11.9 Å². The van der Waals surface area contributed by atoms with Crippen molar-refractivity contribution in [3.63, 3.8) is 0 Å². The average molecular weight is 373 g/mol. The Labute approximate surface area is 159 Å². The summed E-state index contributed by atoms with van der Waals surface area (Å²) in [5.41, 5.74) is 1.16. The Hall–Kier alpha value is -2.28. The molecule has 0 bridgehead atoms. The van der Waals surface area contributed by atoms with Crippen LogP contribution >= 0.6 is 0 Å². The Morgan fingerprint density at radius 2 is 1.67 bits per heavy atom. The van der Waals surface area contributed by atoms with Crippen LogP contribution in [0.5, 0.6) is 5.75 Å². The van der Waals surface area contributed by atoms with Gasteiger partial charge in [0.05, 0.1) is 13.2 Å². The highest BCUT2D eigenvalue weighted by molar-refractivity contribution is 5.82. The predicted molar refractivity (Wildman–Crippen MR) is 99.7 cm³/mol. The molecule has 27 heavy (non-hydrogen) atoms. The summed E-state index contributed by atoms with van der Waals surface area (Å²) < 4.78 is 11.2. The SMILES string of the molecule is O=C(NC1CCN(C(=O)N2CCOCC2)CC1)[C@@H]1CCc2ccccc2O1. The summed E-state index contributed by atoms with van der Waals surface area (Å²) >= 11 is 0. The van der Waals surface area contributed by atoms with Crippen molar-refractivity contribution in [3.8, 4) is 5.75 Å². The lowest BCUT2D eigenvalue weighted by Crippen LogP contribution is -2.54. The molecule has 3 aliphatic rings. The fourth-order valence-electron chi connectivity index (χ4n) is 3.97. The Balaban J connectivity index is 1.24. The lowest BCUT2D eigenvalue weighted by molar-refractivity contribution is -0.129. The minimum atomic E-state index is -0.423. The van der Waals surface area contributed by atoms with E-state index < -0.39 is 6.10 Å². The maximum atomic E-state index is 12.6. The van der Waals surface area contributed by atoms with Crippen molar-refractivity contribution in [2.75, 3.05) is 39.4 Å². The lowest BCUT2D eigenvalue weighted by Gasteiger charge is -2.37. The van der Waals surface area contributed by atoms with E-state index in [2.05, 4.69) is 5.32 Å². The molecule has 1 aromatic carbocycles. The molecule has 0 aliphatic carbocycles. The Morgan fingerprint density at radius 3 is 2.44 bits per heavy atom. The number of morpholine rings is 1. The van der Waals surface area contributed by atoms with E-state index in [0.717, 1.165) is 30.6 Å². The zero-order chi connectivity index (χ0) is 18.6. The van der Waals surface area contributed by atoms with Crippen LogP contribution in [0.15, 0.2) is 24.3 Å². The van der Waals surface area contributed by atoms with Crippen LogP contribution in [-0.4, -0.2) is 73.3 Å². The predicted octanol–water partition coefficient (Wildman–Crippen LogP) is 1.41. The standard InChI is InChI=1S/C20H27N3O4/c24-19(18-6-5-15-3-1-2-4-17(15)27-18)21-16-7-9-22(10-8-16)20(25)23-11-13-26-14-12-23/h1-4,16,18H,5-14H2,(H,21,24)/t18-/m0/s1. The van der Waals surface area contributed by atoms with Crippen LogP contribution in [0.25, 0.3) is 0 Å². The number of piperidine rings is 1. The van der Waals surface area contributed by atoms with Crippen LogP contribution in [-0.2, 0) is 16.0 Å². The normalized spacial score (nSPS) is 23.3. The topological polar surface area (TPSA) is 71.1 Å². The molecule has 3 aliphatic heterocycles. The van der Waals surface area contributed by atoms with Crippen LogP contribution in [0, 0.1) is 0 Å². The highest BCUT2D eigenvalue weighted by Gasteiger charge is 2.31. The second-order valence-corrected chi connectivity index (χ2v) is 7.40. The van der Waals surface area contributed by atoms with Crippen molar-refractivity contribution in [1.82, 2.24) is 15.1 Å². The van der Waals surface area contributed by atoms with E-state index in [4.69, 9.17) is 9.47 Å². The number of benzene rings is 1. The number of aryl methyl sites for hydroxylation is 1. The molecule has 1 N–H and O–H groups in total. The summed E-state index contributed by atoms with van der Waals surface area (Å²) in [7, 11) is 0. The summed E-state index contributed by atoms with van der Waals surface area (Å²) in [6.07, 6.45) is 2.71. The first-order valence-corrected chi connectivity index (χ1v) is 9.87. The fraction of sp³-hybridized carbons (Fsp3) is 0.600. The molecule has 0 spiro atoms. The van der Waals surface area contributed by atoms with E-state index in [1.165, 1.54) is 0 Å². The second kappa shape index (κ2) is 8.17. The molecular weight excluding hydrogens is 346 g/mol. The quantitative estimate of drug-likeness (QED) is 0.851. The molecule has 0 saturated carbocycles. The molecule has 3 heterocycles. The Morgan fingerprint density at radius 1 is 0.963 bits per heavy atom.